The number of aromatic amines is 1. The maximum absolute atomic E-state index is 9.04. The first-order valence-electron chi connectivity index (χ1n) is 7.15. The standard InChI is InChI=1S/C16H18N4O/c1-12(20-6-8-21-9-7-20)13-2-4-14(5-3-13)15-11-18-19-16(15)10-17/h2-5,11-12H,6-9H2,1H3,(H,18,19). The molecule has 1 aliphatic heterocycles. The number of benzene rings is 1. The van der Waals surface area contributed by atoms with Gasteiger partial charge in [-0.1, -0.05) is 24.3 Å². The molecule has 3 rings (SSSR count). The number of aromatic nitrogens is 2. The Balaban J connectivity index is 1.79. The first-order chi connectivity index (χ1) is 10.3. The molecular formula is C16H18N4O. The van der Waals surface area contributed by atoms with Crippen LogP contribution in [0.3, 0.4) is 0 Å². The largest absolute Gasteiger partial charge is 0.379 e. The van der Waals surface area contributed by atoms with E-state index in [9.17, 15) is 0 Å². The molecule has 5 heteroatoms. The maximum atomic E-state index is 9.04. The summed E-state index contributed by atoms with van der Waals surface area (Å²) in [5.41, 5.74) is 3.65. The number of hydrogen-bond donors (Lipinski definition) is 1. The Hall–Kier alpha value is -2.16. The Kier molecular flexibility index (Phi) is 4.00. The lowest BCUT2D eigenvalue weighted by molar-refractivity contribution is 0.0198. The van der Waals surface area contributed by atoms with Crippen molar-refractivity contribution in [2.75, 3.05) is 26.3 Å². The molecule has 1 aromatic carbocycles. The molecular weight excluding hydrogens is 264 g/mol. The van der Waals surface area contributed by atoms with Crippen molar-refractivity contribution in [1.29, 1.82) is 5.26 Å². The number of morpholine rings is 1. The monoisotopic (exact) mass is 282 g/mol. The molecule has 0 saturated carbocycles. The molecule has 0 radical (unpaired) electrons. The Morgan fingerprint density at radius 1 is 1.29 bits per heavy atom. The molecule has 2 aromatic rings. The zero-order valence-electron chi connectivity index (χ0n) is 12.0. The van der Waals surface area contributed by atoms with Crippen LogP contribution in [-0.2, 0) is 4.74 Å². The zero-order chi connectivity index (χ0) is 14.7. The average Bonchev–Trinajstić information content (AvgIpc) is 3.04. The summed E-state index contributed by atoms with van der Waals surface area (Å²) in [6, 6.07) is 10.9. The Labute approximate surface area is 124 Å². The van der Waals surface area contributed by atoms with Crippen LogP contribution in [0.1, 0.15) is 24.2 Å². The summed E-state index contributed by atoms with van der Waals surface area (Å²) in [6.07, 6.45) is 1.69. The smallest absolute Gasteiger partial charge is 0.143 e. The number of rotatable bonds is 3. The third-order valence-corrected chi connectivity index (χ3v) is 4.05. The second-order valence-electron chi connectivity index (χ2n) is 5.22. The lowest BCUT2D eigenvalue weighted by Gasteiger charge is -2.32. The van der Waals surface area contributed by atoms with Gasteiger partial charge in [-0.2, -0.15) is 10.4 Å². The minimum absolute atomic E-state index is 0.378. The number of ether oxygens (including phenoxy) is 1. The van der Waals surface area contributed by atoms with E-state index in [2.05, 4.69) is 52.4 Å². The molecule has 0 aliphatic carbocycles. The average molecular weight is 282 g/mol. The Bertz CT molecular complexity index is 635. The van der Waals surface area contributed by atoms with Crippen molar-refractivity contribution in [2.24, 2.45) is 0 Å². The van der Waals surface area contributed by atoms with Crippen LogP contribution < -0.4 is 0 Å². The van der Waals surface area contributed by atoms with E-state index in [-0.39, 0.29) is 0 Å². The SMILES string of the molecule is CC(c1ccc(-c2cn[nH]c2C#N)cc1)N1CCOCC1. The maximum Gasteiger partial charge on any atom is 0.143 e. The van der Waals surface area contributed by atoms with Gasteiger partial charge in [0.1, 0.15) is 11.8 Å². The molecule has 1 aliphatic rings. The van der Waals surface area contributed by atoms with Crippen LogP contribution in [-0.4, -0.2) is 41.4 Å². The topological polar surface area (TPSA) is 64.9 Å². The van der Waals surface area contributed by atoms with Gasteiger partial charge in [-0.25, -0.2) is 0 Å². The minimum atomic E-state index is 0.378. The van der Waals surface area contributed by atoms with Crippen LogP contribution in [0, 0.1) is 11.3 Å². The van der Waals surface area contributed by atoms with Gasteiger partial charge in [0.05, 0.1) is 19.4 Å². The zero-order valence-corrected chi connectivity index (χ0v) is 12.0. The first-order valence-corrected chi connectivity index (χ1v) is 7.15. The van der Waals surface area contributed by atoms with E-state index in [1.165, 1.54) is 5.56 Å². The van der Waals surface area contributed by atoms with Crippen molar-refractivity contribution in [1.82, 2.24) is 15.1 Å². The van der Waals surface area contributed by atoms with E-state index < -0.39 is 0 Å². The van der Waals surface area contributed by atoms with Crippen molar-refractivity contribution in [3.63, 3.8) is 0 Å². The fraction of sp³-hybridized carbons (Fsp3) is 0.375. The van der Waals surface area contributed by atoms with Gasteiger partial charge >= 0.3 is 0 Å². The third kappa shape index (κ3) is 2.82. The van der Waals surface area contributed by atoms with Crippen molar-refractivity contribution in [3.8, 4) is 17.2 Å². The highest BCUT2D eigenvalue weighted by Crippen LogP contribution is 2.26. The van der Waals surface area contributed by atoms with Crippen LogP contribution in [0.15, 0.2) is 30.5 Å². The van der Waals surface area contributed by atoms with Gasteiger partial charge in [-0.3, -0.25) is 10.00 Å². The lowest BCUT2D eigenvalue weighted by Crippen LogP contribution is -2.37. The molecule has 1 atom stereocenters. The van der Waals surface area contributed by atoms with Crippen molar-refractivity contribution in [3.05, 3.63) is 41.7 Å². The molecule has 1 fully saturated rings. The molecule has 21 heavy (non-hydrogen) atoms. The van der Waals surface area contributed by atoms with E-state index in [1.807, 2.05) is 0 Å². The van der Waals surface area contributed by atoms with Crippen LogP contribution in [0.25, 0.3) is 11.1 Å². The fourth-order valence-electron chi connectivity index (χ4n) is 2.71. The predicted molar refractivity (Wildman–Crippen MR) is 79.5 cm³/mol. The summed E-state index contributed by atoms with van der Waals surface area (Å²) in [5.74, 6) is 0. The second-order valence-corrected chi connectivity index (χ2v) is 5.22. The van der Waals surface area contributed by atoms with Crippen molar-refractivity contribution < 1.29 is 4.74 Å². The highest BCUT2D eigenvalue weighted by atomic mass is 16.5. The first kappa shape index (κ1) is 13.8. The van der Waals surface area contributed by atoms with Gasteiger partial charge in [-0.15, -0.1) is 0 Å². The van der Waals surface area contributed by atoms with Crippen LogP contribution in [0.4, 0.5) is 0 Å². The van der Waals surface area contributed by atoms with E-state index in [1.54, 1.807) is 6.20 Å². The molecule has 0 amide bonds. The van der Waals surface area contributed by atoms with Gasteiger partial charge in [0, 0.05) is 24.7 Å². The van der Waals surface area contributed by atoms with Gasteiger partial charge in [-0.05, 0) is 18.1 Å². The summed E-state index contributed by atoms with van der Waals surface area (Å²) < 4.78 is 5.40. The van der Waals surface area contributed by atoms with Crippen LogP contribution in [0.5, 0.6) is 0 Å². The number of nitriles is 1. The van der Waals surface area contributed by atoms with Gasteiger partial charge < -0.3 is 4.74 Å². The van der Waals surface area contributed by atoms with E-state index in [4.69, 9.17) is 10.00 Å². The quantitative estimate of drug-likeness (QED) is 0.938. The van der Waals surface area contributed by atoms with E-state index in [0.717, 1.165) is 37.4 Å². The van der Waals surface area contributed by atoms with Gasteiger partial charge in [0.2, 0.25) is 0 Å². The molecule has 1 N–H and O–H groups in total. The van der Waals surface area contributed by atoms with E-state index in [0.29, 0.717) is 11.7 Å². The predicted octanol–water partition coefficient (Wildman–Crippen LogP) is 2.34. The van der Waals surface area contributed by atoms with E-state index >= 15 is 0 Å². The molecule has 2 heterocycles. The molecule has 0 spiro atoms. The molecule has 5 nitrogen and oxygen atoms in total. The summed E-state index contributed by atoms with van der Waals surface area (Å²) >= 11 is 0. The summed E-state index contributed by atoms with van der Waals surface area (Å²) in [6.45, 7) is 5.79. The third-order valence-electron chi connectivity index (χ3n) is 4.05. The van der Waals surface area contributed by atoms with Crippen molar-refractivity contribution in [2.45, 2.75) is 13.0 Å². The lowest BCUT2D eigenvalue weighted by atomic mass is 10.0. The summed E-state index contributed by atoms with van der Waals surface area (Å²) in [7, 11) is 0. The number of nitrogens with zero attached hydrogens (tertiary/aromatic N) is 3. The van der Waals surface area contributed by atoms with Gasteiger partial charge in [0.15, 0.2) is 0 Å². The fourth-order valence-corrected chi connectivity index (χ4v) is 2.71. The van der Waals surface area contributed by atoms with Crippen LogP contribution in [0.2, 0.25) is 0 Å². The molecule has 108 valence electrons. The Morgan fingerprint density at radius 2 is 2.00 bits per heavy atom. The molecule has 0 bridgehead atoms. The molecule has 1 aromatic heterocycles. The normalized spacial score (nSPS) is 17.3. The summed E-state index contributed by atoms with van der Waals surface area (Å²) in [5, 5.41) is 15.7. The minimum Gasteiger partial charge on any atom is -0.379 e. The van der Waals surface area contributed by atoms with Crippen molar-refractivity contribution >= 4 is 0 Å². The van der Waals surface area contributed by atoms with Crippen LogP contribution >= 0.6 is 0 Å². The highest BCUT2D eigenvalue weighted by molar-refractivity contribution is 5.68. The highest BCUT2D eigenvalue weighted by Gasteiger charge is 2.18. The number of hydrogen-bond acceptors (Lipinski definition) is 4. The Morgan fingerprint density at radius 3 is 2.67 bits per heavy atom. The van der Waals surface area contributed by atoms with Gasteiger partial charge in [0.25, 0.3) is 0 Å². The molecule has 1 saturated heterocycles. The molecule has 1 unspecified atom stereocenters. The summed E-state index contributed by atoms with van der Waals surface area (Å²) in [4.78, 5) is 2.43. The number of H-pyrrole nitrogens is 1. The second kappa shape index (κ2) is 6.08. The number of nitrogens with one attached hydrogen (secondary N) is 1.